The number of amides is 1. The van der Waals surface area contributed by atoms with Crippen molar-refractivity contribution in [1.82, 2.24) is 9.97 Å². The zero-order chi connectivity index (χ0) is 11.5. The van der Waals surface area contributed by atoms with E-state index >= 15 is 0 Å². The highest BCUT2D eigenvalue weighted by Gasteiger charge is 2.11. The Morgan fingerprint density at radius 2 is 2.19 bits per heavy atom. The number of hydrogen-bond donors (Lipinski definition) is 1. The largest absolute Gasteiger partial charge is 0.440 e. The van der Waals surface area contributed by atoms with Crippen molar-refractivity contribution >= 4 is 39.3 Å². The lowest BCUT2D eigenvalue weighted by Crippen LogP contribution is -2.12. The fraction of sp³-hybridized carbons (Fsp3) is 0. The van der Waals surface area contributed by atoms with E-state index in [0.717, 1.165) is 0 Å². The predicted molar refractivity (Wildman–Crippen MR) is 61.4 cm³/mol. The van der Waals surface area contributed by atoms with Crippen LogP contribution in [0.25, 0.3) is 0 Å². The van der Waals surface area contributed by atoms with Gasteiger partial charge in [-0.1, -0.05) is 0 Å². The molecule has 1 N–H and O–H groups in total. The Balaban J connectivity index is 2.10. The van der Waals surface area contributed by atoms with E-state index in [1.54, 1.807) is 0 Å². The number of anilines is 1. The minimum atomic E-state index is -0.427. The lowest BCUT2D eigenvalue weighted by molar-refractivity contribution is 0.0996. The molecule has 2 aromatic rings. The van der Waals surface area contributed by atoms with Crippen LogP contribution in [0.2, 0.25) is 5.22 Å². The summed E-state index contributed by atoms with van der Waals surface area (Å²) in [6.07, 6.45) is 2.90. The average Bonchev–Trinajstić information content (AvgIpc) is 2.68. The van der Waals surface area contributed by atoms with Crippen molar-refractivity contribution in [2.45, 2.75) is 0 Å². The number of furan rings is 1. The Kier molecular flexibility index (Phi) is 3.21. The maximum atomic E-state index is 11.6. The van der Waals surface area contributed by atoms with Gasteiger partial charge >= 0.3 is 0 Å². The van der Waals surface area contributed by atoms with E-state index < -0.39 is 5.91 Å². The van der Waals surface area contributed by atoms with Gasteiger partial charge in [-0.05, 0) is 39.7 Å². The molecule has 2 rings (SSSR count). The van der Waals surface area contributed by atoms with Crippen molar-refractivity contribution in [1.29, 1.82) is 0 Å². The molecule has 1 amide bonds. The van der Waals surface area contributed by atoms with E-state index in [-0.39, 0.29) is 11.0 Å². The van der Waals surface area contributed by atoms with Crippen molar-refractivity contribution in [3.8, 4) is 0 Å². The zero-order valence-electron chi connectivity index (χ0n) is 7.78. The number of halogens is 2. The van der Waals surface area contributed by atoms with Crippen LogP contribution in [-0.2, 0) is 0 Å². The van der Waals surface area contributed by atoms with Gasteiger partial charge in [0.05, 0.1) is 12.4 Å². The number of nitrogens with one attached hydrogen (secondary N) is 1. The Bertz CT molecular complexity index is 512. The molecule has 16 heavy (non-hydrogen) atoms. The Labute approximate surface area is 104 Å². The van der Waals surface area contributed by atoms with Gasteiger partial charge in [-0.3, -0.25) is 4.79 Å². The molecule has 0 saturated carbocycles. The monoisotopic (exact) mass is 301 g/mol. The summed E-state index contributed by atoms with van der Waals surface area (Å²) in [7, 11) is 0. The van der Waals surface area contributed by atoms with Gasteiger partial charge in [-0.2, -0.15) is 0 Å². The second kappa shape index (κ2) is 4.63. The molecule has 0 aliphatic rings. The first-order valence-corrected chi connectivity index (χ1v) is 5.36. The number of aromatic nitrogens is 2. The van der Waals surface area contributed by atoms with Crippen molar-refractivity contribution in [3.63, 3.8) is 0 Å². The topological polar surface area (TPSA) is 68.0 Å². The van der Waals surface area contributed by atoms with Crippen LogP contribution in [-0.4, -0.2) is 15.9 Å². The van der Waals surface area contributed by atoms with Crippen LogP contribution in [0.5, 0.6) is 0 Å². The molecule has 2 heterocycles. The third-order valence-electron chi connectivity index (χ3n) is 1.66. The Morgan fingerprint density at radius 1 is 1.38 bits per heavy atom. The fourth-order valence-electron chi connectivity index (χ4n) is 0.991. The van der Waals surface area contributed by atoms with Gasteiger partial charge in [0.15, 0.2) is 16.8 Å². The average molecular weight is 303 g/mol. The lowest BCUT2D eigenvalue weighted by atomic mass is 10.4. The summed E-state index contributed by atoms with van der Waals surface area (Å²) in [5.74, 6) is 0.0268. The zero-order valence-corrected chi connectivity index (χ0v) is 10.1. The summed E-state index contributed by atoms with van der Waals surface area (Å²) in [6, 6.07) is 2.97. The molecule has 0 unspecified atom stereocenters. The molecule has 82 valence electrons. The lowest BCUT2D eigenvalue weighted by Gasteiger charge is -2.00. The summed E-state index contributed by atoms with van der Waals surface area (Å²) in [6.45, 7) is 0. The van der Waals surface area contributed by atoms with E-state index in [0.29, 0.717) is 10.4 Å². The molecule has 0 fully saturated rings. The molecule has 0 aliphatic carbocycles. The molecule has 0 bridgehead atoms. The van der Waals surface area contributed by atoms with Crippen LogP contribution in [0.4, 0.5) is 5.82 Å². The van der Waals surface area contributed by atoms with E-state index in [1.807, 2.05) is 0 Å². The van der Waals surface area contributed by atoms with E-state index in [1.165, 1.54) is 24.5 Å². The minimum Gasteiger partial charge on any atom is -0.440 e. The van der Waals surface area contributed by atoms with Crippen LogP contribution in [0, 0.1) is 0 Å². The first-order chi connectivity index (χ1) is 7.65. The smallest absolute Gasteiger partial charge is 0.292 e. The Morgan fingerprint density at radius 3 is 2.75 bits per heavy atom. The summed E-state index contributed by atoms with van der Waals surface area (Å²) in [4.78, 5) is 19.4. The normalized spacial score (nSPS) is 10.1. The molecular formula is C9H5BrClN3O2. The third kappa shape index (κ3) is 2.59. The number of carbonyl (C=O) groups is 1. The highest BCUT2D eigenvalue weighted by molar-refractivity contribution is 9.10. The van der Waals surface area contributed by atoms with Gasteiger partial charge in [-0.15, -0.1) is 0 Å². The Hall–Kier alpha value is -1.40. The van der Waals surface area contributed by atoms with E-state index in [2.05, 4.69) is 31.2 Å². The summed E-state index contributed by atoms with van der Waals surface area (Å²) in [5, 5.41) is 2.67. The number of hydrogen-bond acceptors (Lipinski definition) is 4. The van der Waals surface area contributed by atoms with Crippen molar-refractivity contribution in [2.24, 2.45) is 0 Å². The first kappa shape index (κ1) is 11.1. The molecule has 0 radical (unpaired) electrons. The predicted octanol–water partition coefficient (Wildman–Crippen LogP) is 2.74. The van der Waals surface area contributed by atoms with Crippen LogP contribution < -0.4 is 5.32 Å². The molecule has 2 aromatic heterocycles. The molecule has 0 atom stereocenters. The van der Waals surface area contributed by atoms with Crippen LogP contribution in [0.1, 0.15) is 10.6 Å². The molecule has 5 nitrogen and oxygen atoms in total. The molecule has 0 saturated heterocycles. The SMILES string of the molecule is O=C(Nc1cnc(Br)cn1)c1ccc(Cl)o1. The van der Waals surface area contributed by atoms with Crippen molar-refractivity contribution in [2.75, 3.05) is 5.32 Å². The van der Waals surface area contributed by atoms with Gasteiger partial charge in [0.1, 0.15) is 4.60 Å². The first-order valence-electron chi connectivity index (χ1n) is 4.19. The molecule has 7 heteroatoms. The van der Waals surface area contributed by atoms with Gasteiger partial charge in [0.25, 0.3) is 5.91 Å². The van der Waals surface area contributed by atoms with Gasteiger partial charge in [0, 0.05) is 0 Å². The third-order valence-corrected chi connectivity index (χ3v) is 2.27. The van der Waals surface area contributed by atoms with Crippen molar-refractivity contribution in [3.05, 3.63) is 40.1 Å². The fourth-order valence-corrected chi connectivity index (χ4v) is 1.34. The summed E-state index contributed by atoms with van der Waals surface area (Å²) in [5.41, 5.74) is 0. The van der Waals surface area contributed by atoms with Gasteiger partial charge in [-0.25, -0.2) is 9.97 Å². The number of nitrogens with zero attached hydrogens (tertiary/aromatic N) is 2. The second-order valence-corrected chi connectivity index (χ2v) is 3.97. The maximum Gasteiger partial charge on any atom is 0.292 e. The van der Waals surface area contributed by atoms with Crippen LogP contribution in [0.3, 0.4) is 0 Å². The summed E-state index contributed by atoms with van der Waals surface area (Å²) >= 11 is 8.69. The van der Waals surface area contributed by atoms with Gasteiger partial charge in [0.2, 0.25) is 0 Å². The molecule has 0 aliphatic heterocycles. The van der Waals surface area contributed by atoms with Crippen molar-refractivity contribution < 1.29 is 9.21 Å². The summed E-state index contributed by atoms with van der Waals surface area (Å²) < 4.78 is 5.53. The minimum absolute atomic E-state index is 0.120. The highest BCUT2D eigenvalue weighted by Crippen LogP contribution is 2.14. The maximum absolute atomic E-state index is 11.6. The molecular weight excluding hydrogens is 297 g/mol. The van der Waals surface area contributed by atoms with Gasteiger partial charge < -0.3 is 9.73 Å². The molecule has 0 spiro atoms. The number of carbonyl (C=O) groups excluding carboxylic acids is 1. The second-order valence-electron chi connectivity index (χ2n) is 2.78. The standard InChI is InChI=1S/C9H5BrClN3O2/c10-6-3-13-8(4-12-6)14-9(15)5-1-2-7(11)16-5/h1-4H,(H,13,14,15). The molecule has 0 aromatic carbocycles. The van der Waals surface area contributed by atoms with E-state index in [4.69, 9.17) is 16.0 Å². The quantitative estimate of drug-likeness (QED) is 0.926. The highest BCUT2D eigenvalue weighted by atomic mass is 79.9. The van der Waals surface area contributed by atoms with E-state index in [9.17, 15) is 4.79 Å². The van der Waals surface area contributed by atoms with Crippen LogP contribution in [0.15, 0.2) is 33.5 Å². The number of rotatable bonds is 2. The van der Waals surface area contributed by atoms with Crippen LogP contribution >= 0.6 is 27.5 Å².